The van der Waals surface area contributed by atoms with E-state index in [1.165, 1.54) is 18.2 Å². The fourth-order valence-electron chi connectivity index (χ4n) is 1.25. The number of allylic oxidation sites excluding steroid dienone is 4. The SMILES string of the molecule is CC(C)=CC=CC(=O)c1ccc(C(F)(F)F)cc1. The molecule has 1 aromatic rings. The van der Waals surface area contributed by atoms with Crippen LogP contribution in [-0.4, -0.2) is 5.78 Å². The van der Waals surface area contributed by atoms with Crippen LogP contribution in [0.4, 0.5) is 13.2 Å². The molecule has 0 N–H and O–H groups in total. The monoisotopic (exact) mass is 254 g/mol. The number of carbonyl (C=O) groups is 1. The highest BCUT2D eigenvalue weighted by atomic mass is 19.4. The second-order valence-electron chi connectivity index (χ2n) is 4.04. The minimum atomic E-state index is -4.38. The van der Waals surface area contributed by atoms with E-state index < -0.39 is 11.7 Å². The van der Waals surface area contributed by atoms with Crippen LogP contribution in [0.2, 0.25) is 0 Å². The summed E-state index contributed by atoms with van der Waals surface area (Å²) in [6, 6.07) is 4.17. The van der Waals surface area contributed by atoms with E-state index in [4.69, 9.17) is 0 Å². The largest absolute Gasteiger partial charge is 0.416 e. The Balaban J connectivity index is 2.83. The highest BCUT2D eigenvalue weighted by Gasteiger charge is 2.30. The van der Waals surface area contributed by atoms with Gasteiger partial charge >= 0.3 is 6.18 Å². The van der Waals surface area contributed by atoms with Crippen LogP contribution in [0.15, 0.2) is 48.1 Å². The van der Waals surface area contributed by atoms with Gasteiger partial charge in [-0.15, -0.1) is 0 Å². The van der Waals surface area contributed by atoms with Crippen molar-refractivity contribution in [1.82, 2.24) is 0 Å². The lowest BCUT2D eigenvalue weighted by molar-refractivity contribution is -0.137. The zero-order valence-electron chi connectivity index (χ0n) is 10.1. The Morgan fingerprint density at radius 2 is 1.67 bits per heavy atom. The van der Waals surface area contributed by atoms with Gasteiger partial charge in [-0.05, 0) is 32.1 Å². The summed E-state index contributed by atoms with van der Waals surface area (Å²) in [7, 11) is 0. The molecule has 0 heterocycles. The Labute approximate surface area is 104 Å². The van der Waals surface area contributed by atoms with Crippen molar-refractivity contribution in [3.05, 3.63) is 59.2 Å². The highest BCUT2D eigenvalue weighted by Crippen LogP contribution is 2.29. The number of hydrogen-bond acceptors (Lipinski definition) is 1. The maximum Gasteiger partial charge on any atom is 0.416 e. The molecule has 0 amide bonds. The van der Waals surface area contributed by atoms with E-state index in [1.807, 2.05) is 13.8 Å². The Hall–Kier alpha value is -1.84. The van der Waals surface area contributed by atoms with Gasteiger partial charge in [0.05, 0.1) is 5.56 Å². The zero-order valence-corrected chi connectivity index (χ0v) is 10.1. The number of alkyl halides is 3. The van der Waals surface area contributed by atoms with Crippen molar-refractivity contribution in [3.63, 3.8) is 0 Å². The van der Waals surface area contributed by atoms with Crippen molar-refractivity contribution in [2.45, 2.75) is 20.0 Å². The molecule has 0 radical (unpaired) electrons. The molecule has 0 fully saturated rings. The molecule has 0 atom stereocenters. The number of halogens is 3. The third-order valence-corrected chi connectivity index (χ3v) is 2.17. The van der Waals surface area contributed by atoms with Gasteiger partial charge < -0.3 is 0 Å². The van der Waals surface area contributed by atoms with E-state index in [1.54, 1.807) is 12.2 Å². The average molecular weight is 254 g/mol. The van der Waals surface area contributed by atoms with Crippen molar-refractivity contribution in [1.29, 1.82) is 0 Å². The number of rotatable bonds is 3. The Morgan fingerprint density at radius 1 is 1.11 bits per heavy atom. The van der Waals surface area contributed by atoms with Crippen LogP contribution in [0.25, 0.3) is 0 Å². The lowest BCUT2D eigenvalue weighted by Crippen LogP contribution is -2.05. The summed E-state index contributed by atoms with van der Waals surface area (Å²) in [6.45, 7) is 3.76. The zero-order chi connectivity index (χ0) is 13.8. The van der Waals surface area contributed by atoms with Crippen LogP contribution in [0.5, 0.6) is 0 Å². The van der Waals surface area contributed by atoms with Gasteiger partial charge in [-0.25, -0.2) is 0 Å². The molecule has 0 aliphatic rings. The molecule has 0 unspecified atom stereocenters. The van der Waals surface area contributed by atoms with Crippen LogP contribution < -0.4 is 0 Å². The first-order chi connectivity index (χ1) is 8.30. The summed E-state index contributed by atoms with van der Waals surface area (Å²) >= 11 is 0. The first kappa shape index (κ1) is 14.2. The van der Waals surface area contributed by atoms with Gasteiger partial charge in [0.1, 0.15) is 0 Å². The Bertz CT molecular complexity index is 475. The van der Waals surface area contributed by atoms with E-state index in [0.29, 0.717) is 0 Å². The van der Waals surface area contributed by atoms with Gasteiger partial charge in [0.15, 0.2) is 5.78 Å². The van der Waals surface area contributed by atoms with E-state index in [-0.39, 0.29) is 11.3 Å². The molecule has 0 bridgehead atoms. The van der Waals surface area contributed by atoms with E-state index in [0.717, 1.165) is 17.7 Å². The number of carbonyl (C=O) groups excluding carboxylic acids is 1. The van der Waals surface area contributed by atoms with E-state index >= 15 is 0 Å². The van der Waals surface area contributed by atoms with Crippen molar-refractivity contribution in [2.24, 2.45) is 0 Å². The van der Waals surface area contributed by atoms with Crippen LogP contribution >= 0.6 is 0 Å². The minimum absolute atomic E-state index is 0.237. The number of benzene rings is 1. The number of hydrogen-bond donors (Lipinski definition) is 0. The Kier molecular flexibility index (Phi) is 4.48. The van der Waals surface area contributed by atoms with Crippen LogP contribution in [-0.2, 0) is 6.18 Å². The van der Waals surface area contributed by atoms with Crippen LogP contribution in [0.1, 0.15) is 29.8 Å². The van der Waals surface area contributed by atoms with Gasteiger partial charge in [0, 0.05) is 5.56 Å². The lowest BCUT2D eigenvalue weighted by atomic mass is 10.1. The summed E-state index contributed by atoms with van der Waals surface area (Å²) in [5, 5.41) is 0. The average Bonchev–Trinajstić information content (AvgIpc) is 2.27. The normalized spacial score (nSPS) is 11.6. The third-order valence-electron chi connectivity index (χ3n) is 2.17. The quantitative estimate of drug-likeness (QED) is 0.443. The van der Waals surface area contributed by atoms with Crippen molar-refractivity contribution in [2.75, 3.05) is 0 Å². The van der Waals surface area contributed by atoms with Crippen molar-refractivity contribution in [3.8, 4) is 0 Å². The predicted molar refractivity (Wildman–Crippen MR) is 64.3 cm³/mol. The molecule has 1 aromatic carbocycles. The summed E-state index contributed by atoms with van der Waals surface area (Å²) in [5.41, 5.74) is 0.514. The van der Waals surface area contributed by atoms with E-state index in [9.17, 15) is 18.0 Å². The van der Waals surface area contributed by atoms with Gasteiger partial charge in [-0.2, -0.15) is 13.2 Å². The third kappa shape index (κ3) is 4.20. The standard InChI is InChI=1S/C14H13F3O/c1-10(2)4-3-5-13(18)11-6-8-12(9-7-11)14(15,16)17/h3-9H,1-2H3. The summed E-state index contributed by atoms with van der Waals surface area (Å²) in [6.07, 6.45) is 0.284. The predicted octanol–water partition coefficient (Wildman–Crippen LogP) is 4.41. The number of ketones is 1. The van der Waals surface area contributed by atoms with Crippen LogP contribution in [0.3, 0.4) is 0 Å². The lowest BCUT2D eigenvalue weighted by Gasteiger charge is -2.06. The second-order valence-corrected chi connectivity index (χ2v) is 4.04. The van der Waals surface area contributed by atoms with Gasteiger partial charge in [-0.3, -0.25) is 4.79 Å². The maximum atomic E-state index is 12.3. The molecular weight excluding hydrogens is 241 g/mol. The fraction of sp³-hybridized carbons (Fsp3) is 0.214. The topological polar surface area (TPSA) is 17.1 Å². The van der Waals surface area contributed by atoms with Gasteiger partial charge in [0.2, 0.25) is 0 Å². The molecule has 0 aromatic heterocycles. The molecule has 0 aliphatic heterocycles. The maximum absolute atomic E-state index is 12.3. The molecule has 1 nitrogen and oxygen atoms in total. The summed E-state index contributed by atoms with van der Waals surface area (Å²) in [4.78, 5) is 11.6. The summed E-state index contributed by atoms with van der Waals surface area (Å²) < 4.78 is 36.9. The second kappa shape index (κ2) is 5.67. The molecular formula is C14H13F3O. The van der Waals surface area contributed by atoms with Crippen LogP contribution in [0, 0.1) is 0 Å². The van der Waals surface area contributed by atoms with Crippen molar-refractivity contribution < 1.29 is 18.0 Å². The first-order valence-electron chi connectivity index (χ1n) is 5.34. The van der Waals surface area contributed by atoms with Gasteiger partial charge in [0.25, 0.3) is 0 Å². The van der Waals surface area contributed by atoms with Gasteiger partial charge in [-0.1, -0.05) is 29.9 Å². The molecule has 18 heavy (non-hydrogen) atoms. The molecule has 96 valence electrons. The fourth-order valence-corrected chi connectivity index (χ4v) is 1.25. The first-order valence-corrected chi connectivity index (χ1v) is 5.34. The Morgan fingerprint density at radius 3 is 2.11 bits per heavy atom. The highest BCUT2D eigenvalue weighted by molar-refractivity contribution is 6.04. The molecule has 0 saturated carbocycles. The molecule has 0 spiro atoms. The molecule has 4 heteroatoms. The molecule has 0 saturated heterocycles. The minimum Gasteiger partial charge on any atom is -0.289 e. The molecule has 1 rings (SSSR count). The van der Waals surface area contributed by atoms with E-state index in [2.05, 4.69) is 0 Å². The molecule has 0 aliphatic carbocycles. The smallest absolute Gasteiger partial charge is 0.289 e. The summed E-state index contributed by atoms with van der Waals surface area (Å²) in [5.74, 6) is -0.318. The van der Waals surface area contributed by atoms with Crippen molar-refractivity contribution >= 4 is 5.78 Å².